The van der Waals surface area contributed by atoms with Gasteiger partial charge in [0, 0.05) is 30.9 Å². The molecule has 2 aliphatic rings. The quantitative estimate of drug-likeness (QED) is 0.920. The Hall–Kier alpha value is -1.76. The third-order valence-electron chi connectivity index (χ3n) is 5.18. The minimum Gasteiger partial charge on any atom is -0.370 e. The molecule has 2 unspecified atom stereocenters. The molecule has 7 heteroatoms. The minimum absolute atomic E-state index is 0.382. The van der Waals surface area contributed by atoms with Gasteiger partial charge in [-0.15, -0.1) is 0 Å². The van der Waals surface area contributed by atoms with E-state index in [1.54, 1.807) is 6.07 Å². The Balaban J connectivity index is 1.82. The first kappa shape index (κ1) is 17.1. The maximum absolute atomic E-state index is 13.2. The fraction of sp³-hybridized carbons (Fsp3) is 0.588. The second-order valence-electron chi connectivity index (χ2n) is 6.71. The second kappa shape index (κ2) is 6.27. The van der Waals surface area contributed by atoms with E-state index in [1.807, 2.05) is 4.90 Å². The predicted octanol–water partition coefficient (Wildman–Crippen LogP) is 2.87. The number of alkyl halides is 3. The van der Waals surface area contributed by atoms with Crippen molar-refractivity contribution in [2.45, 2.75) is 44.4 Å². The molecule has 0 spiro atoms. The van der Waals surface area contributed by atoms with Crippen LogP contribution in [0.1, 0.15) is 42.1 Å². The van der Waals surface area contributed by atoms with Crippen LogP contribution >= 0.6 is 0 Å². The van der Waals surface area contributed by atoms with Gasteiger partial charge < -0.3 is 10.6 Å². The van der Waals surface area contributed by atoms with E-state index in [9.17, 15) is 18.0 Å². The van der Waals surface area contributed by atoms with Crippen LogP contribution in [0.3, 0.4) is 0 Å². The standard InChI is InChI=1S/C17H22F3N3O/c1-11-3-2-7-23(11)13-6-8-22(10-13)12-4-5-14(16(21)24)15(9-12)17(18,19)20/h4-5,9,11,13H,2-3,6-8,10H2,1H3,(H2,21,24). The number of primary amides is 1. The van der Waals surface area contributed by atoms with Gasteiger partial charge in [0.2, 0.25) is 5.91 Å². The molecule has 1 amide bonds. The van der Waals surface area contributed by atoms with Crippen LogP contribution in [0.15, 0.2) is 18.2 Å². The average molecular weight is 341 g/mol. The van der Waals surface area contributed by atoms with E-state index in [2.05, 4.69) is 11.8 Å². The highest BCUT2D eigenvalue weighted by molar-refractivity contribution is 5.95. The molecule has 1 aromatic carbocycles. The zero-order chi connectivity index (χ0) is 17.5. The van der Waals surface area contributed by atoms with Gasteiger partial charge in [0.1, 0.15) is 0 Å². The first-order chi connectivity index (χ1) is 11.3. The smallest absolute Gasteiger partial charge is 0.370 e. The molecular formula is C17H22F3N3O. The molecule has 2 N–H and O–H groups in total. The lowest BCUT2D eigenvalue weighted by molar-refractivity contribution is -0.137. The number of carbonyl (C=O) groups excluding carboxylic acids is 1. The summed E-state index contributed by atoms with van der Waals surface area (Å²) in [6.45, 7) is 4.71. The molecule has 4 nitrogen and oxygen atoms in total. The summed E-state index contributed by atoms with van der Waals surface area (Å²) in [5.74, 6) is -1.06. The summed E-state index contributed by atoms with van der Waals surface area (Å²) in [5.41, 5.74) is 4.15. The van der Waals surface area contributed by atoms with Crippen LogP contribution in [0.25, 0.3) is 0 Å². The first-order valence-corrected chi connectivity index (χ1v) is 8.29. The van der Waals surface area contributed by atoms with E-state index >= 15 is 0 Å². The fourth-order valence-electron chi connectivity index (χ4n) is 3.92. The zero-order valence-corrected chi connectivity index (χ0v) is 13.6. The zero-order valence-electron chi connectivity index (χ0n) is 13.6. The number of rotatable bonds is 3. The molecule has 2 saturated heterocycles. The number of hydrogen-bond donors (Lipinski definition) is 1. The molecular weight excluding hydrogens is 319 g/mol. The molecule has 2 fully saturated rings. The minimum atomic E-state index is -4.59. The van der Waals surface area contributed by atoms with Gasteiger partial charge in [-0.25, -0.2) is 0 Å². The maximum Gasteiger partial charge on any atom is 0.417 e. The van der Waals surface area contributed by atoms with Crippen molar-refractivity contribution in [2.75, 3.05) is 24.5 Å². The topological polar surface area (TPSA) is 49.6 Å². The highest BCUT2D eigenvalue weighted by Crippen LogP contribution is 2.36. The largest absolute Gasteiger partial charge is 0.417 e. The summed E-state index contributed by atoms with van der Waals surface area (Å²) in [5, 5.41) is 0. The van der Waals surface area contributed by atoms with Crippen LogP contribution < -0.4 is 10.6 Å². The normalized spacial score (nSPS) is 25.4. The lowest BCUT2D eigenvalue weighted by Gasteiger charge is -2.29. The number of amides is 1. The molecule has 0 aromatic heterocycles. The molecule has 1 aromatic rings. The molecule has 132 valence electrons. The van der Waals surface area contributed by atoms with Crippen molar-refractivity contribution in [3.8, 4) is 0 Å². The lowest BCUT2D eigenvalue weighted by atomic mass is 10.1. The molecule has 24 heavy (non-hydrogen) atoms. The van der Waals surface area contributed by atoms with Crippen LogP contribution in [-0.4, -0.2) is 42.5 Å². The van der Waals surface area contributed by atoms with Crippen LogP contribution in [0, 0.1) is 0 Å². The number of anilines is 1. The van der Waals surface area contributed by atoms with Gasteiger partial charge in [-0.2, -0.15) is 13.2 Å². The van der Waals surface area contributed by atoms with Crippen molar-refractivity contribution in [3.63, 3.8) is 0 Å². The number of likely N-dealkylation sites (tertiary alicyclic amines) is 1. The number of nitrogens with two attached hydrogens (primary N) is 1. The number of halogens is 3. The van der Waals surface area contributed by atoms with Crippen molar-refractivity contribution in [3.05, 3.63) is 29.3 Å². The summed E-state index contributed by atoms with van der Waals surface area (Å²) < 4.78 is 39.6. The summed E-state index contributed by atoms with van der Waals surface area (Å²) in [6, 6.07) is 4.72. The Morgan fingerprint density at radius 2 is 2.00 bits per heavy atom. The number of nitrogens with zero attached hydrogens (tertiary/aromatic N) is 2. The average Bonchev–Trinajstić information content (AvgIpc) is 3.14. The monoisotopic (exact) mass is 341 g/mol. The molecule has 3 rings (SSSR count). The number of benzene rings is 1. The third kappa shape index (κ3) is 3.22. The van der Waals surface area contributed by atoms with Crippen molar-refractivity contribution in [2.24, 2.45) is 5.73 Å². The van der Waals surface area contributed by atoms with Crippen molar-refractivity contribution in [1.82, 2.24) is 4.90 Å². The lowest BCUT2D eigenvalue weighted by Crippen LogP contribution is -2.39. The number of hydrogen-bond acceptors (Lipinski definition) is 3. The van der Waals surface area contributed by atoms with Crippen LogP contribution in [-0.2, 0) is 6.18 Å². The van der Waals surface area contributed by atoms with Crippen molar-refractivity contribution in [1.29, 1.82) is 0 Å². The van der Waals surface area contributed by atoms with Gasteiger partial charge in [-0.05, 0) is 50.9 Å². The Morgan fingerprint density at radius 3 is 2.58 bits per heavy atom. The van der Waals surface area contributed by atoms with Crippen LogP contribution in [0.5, 0.6) is 0 Å². The number of carbonyl (C=O) groups is 1. The van der Waals surface area contributed by atoms with Gasteiger partial charge >= 0.3 is 6.18 Å². The van der Waals surface area contributed by atoms with Gasteiger partial charge in [0.05, 0.1) is 11.1 Å². The molecule has 2 heterocycles. The van der Waals surface area contributed by atoms with Crippen LogP contribution in [0.4, 0.5) is 18.9 Å². The highest BCUT2D eigenvalue weighted by Gasteiger charge is 2.37. The van der Waals surface area contributed by atoms with Crippen molar-refractivity contribution < 1.29 is 18.0 Å². The highest BCUT2D eigenvalue weighted by atomic mass is 19.4. The van der Waals surface area contributed by atoms with Crippen molar-refractivity contribution >= 4 is 11.6 Å². The van der Waals surface area contributed by atoms with E-state index in [4.69, 9.17) is 5.73 Å². The van der Waals surface area contributed by atoms with E-state index in [0.29, 0.717) is 17.8 Å². The molecule has 0 saturated carbocycles. The maximum atomic E-state index is 13.2. The molecule has 2 aliphatic heterocycles. The van der Waals surface area contributed by atoms with E-state index in [-0.39, 0.29) is 0 Å². The summed E-state index contributed by atoms with van der Waals surface area (Å²) >= 11 is 0. The Kier molecular flexibility index (Phi) is 4.46. The van der Waals surface area contributed by atoms with Gasteiger partial charge in [0.15, 0.2) is 0 Å². The summed E-state index contributed by atoms with van der Waals surface area (Å²) in [4.78, 5) is 15.7. The van der Waals surface area contributed by atoms with Gasteiger partial charge in [0.25, 0.3) is 0 Å². The molecule has 0 radical (unpaired) electrons. The van der Waals surface area contributed by atoms with Gasteiger partial charge in [-0.1, -0.05) is 0 Å². The SMILES string of the molecule is CC1CCCN1C1CCN(c2ccc(C(N)=O)c(C(F)(F)F)c2)C1. The molecule has 2 atom stereocenters. The predicted molar refractivity (Wildman–Crippen MR) is 86.0 cm³/mol. The first-order valence-electron chi connectivity index (χ1n) is 8.29. The molecule has 0 bridgehead atoms. The van der Waals surface area contributed by atoms with E-state index in [1.165, 1.54) is 18.9 Å². The molecule has 0 aliphatic carbocycles. The Bertz CT molecular complexity index is 632. The van der Waals surface area contributed by atoms with Crippen LogP contribution in [0.2, 0.25) is 0 Å². The fourth-order valence-corrected chi connectivity index (χ4v) is 3.92. The second-order valence-corrected chi connectivity index (χ2v) is 6.71. The third-order valence-corrected chi connectivity index (χ3v) is 5.18. The Morgan fingerprint density at radius 1 is 1.25 bits per heavy atom. The summed E-state index contributed by atoms with van der Waals surface area (Å²) in [6.07, 6.45) is -1.28. The summed E-state index contributed by atoms with van der Waals surface area (Å²) in [7, 11) is 0. The van der Waals surface area contributed by atoms with E-state index < -0.39 is 23.2 Å². The van der Waals surface area contributed by atoms with E-state index in [0.717, 1.165) is 32.1 Å². The Labute approximate surface area is 139 Å². The van der Waals surface area contributed by atoms with Gasteiger partial charge in [-0.3, -0.25) is 9.69 Å².